The van der Waals surface area contributed by atoms with Crippen LogP contribution in [0, 0.1) is 12.7 Å². The first-order valence-corrected chi connectivity index (χ1v) is 25.7. The molecule has 0 amide bonds. The fourth-order valence-electron chi connectivity index (χ4n) is 4.51. The summed E-state index contributed by atoms with van der Waals surface area (Å²) >= 11 is 19.8. The first-order valence-electron chi connectivity index (χ1n) is 16.7. The van der Waals surface area contributed by atoms with Crippen molar-refractivity contribution in [2.75, 3.05) is 48.3 Å². The summed E-state index contributed by atoms with van der Waals surface area (Å²) in [6.45, 7) is -1.03. The number of halogens is 6. The van der Waals surface area contributed by atoms with Crippen LogP contribution in [0.5, 0.6) is 0 Å². The smallest absolute Gasteiger partial charge is 0.355 e. The van der Waals surface area contributed by atoms with E-state index in [0.29, 0.717) is 38.4 Å². The Bertz CT molecular complexity index is 2540. The molecule has 5 rings (SSSR count). The number of hydrogen-bond donors (Lipinski definition) is 5. The van der Waals surface area contributed by atoms with E-state index in [1.54, 1.807) is 9.36 Å². The van der Waals surface area contributed by atoms with Crippen molar-refractivity contribution < 1.29 is 55.7 Å². The van der Waals surface area contributed by atoms with Gasteiger partial charge in [-0.3, -0.25) is 29.1 Å². The van der Waals surface area contributed by atoms with Gasteiger partial charge in [0.15, 0.2) is 0 Å². The van der Waals surface area contributed by atoms with E-state index in [-0.39, 0.29) is 53.1 Å². The highest BCUT2D eigenvalue weighted by Crippen LogP contribution is 2.34. The fourth-order valence-corrected chi connectivity index (χ4v) is 7.92. The molecule has 0 bridgehead atoms. The Morgan fingerprint density at radius 3 is 2.15 bits per heavy atom. The number of hydrogen-bond acceptors (Lipinski definition) is 13. The molecule has 3 heterocycles. The van der Waals surface area contributed by atoms with Crippen LogP contribution in [0.2, 0.25) is 15.1 Å². The standard InChI is InChI=1S/C14H13ClFN3O3S2.C11H10Cl2F2N4O3S.C3H8NO5P.C3H9S/c15-8-5-9(16)10(6-11(8)23-7-12(20)21)17-13-18-3-1-2-4-19(18)14(22)24-13;1-5-16-19(11(20)18(5)10(14)15)9-4-8(17-23(2,21)22)6(12)3-7(9)13;5-3(6)1-4-2-10(7,8)9;1-4(2)3/h5-6H,1-4,7H2,(H,20,21);3-4,10,17H,1-2H3;4H,1-2H2,(H,5,6)(H2,7,8,9);1-3H3/q;;;+1/p-1. The lowest BCUT2D eigenvalue weighted by Gasteiger charge is -2.15. The largest absolute Gasteiger partial charge is 0.778 e. The predicted octanol–water partition coefficient (Wildman–Crippen LogP) is 3.78. The molecule has 2 aromatic heterocycles. The van der Waals surface area contributed by atoms with Gasteiger partial charge in [-0.1, -0.05) is 34.8 Å². The molecule has 0 radical (unpaired) electrons. The van der Waals surface area contributed by atoms with Gasteiger partial charge in [-0.15, -0.1) is 16.9 Å². The van der Waals surface area contributed by atoms with Crippen molar-refractivity contribution in [2.45, 2.75) is 44.3 Å². The number of aromatic nitrogens is 5. The quantitative estimate of drug-likeness (QED) is 0.0768. The van der Waals surface area contributed by atoms with E-state index in [1.807, 2.05) is 5.32 Å². The third kappa shape index (κ3) is 18.1. The minimum atomic E-state index is -4.35. The Hall–Kier alpha value is -3.30. The van der Waals surface area contributed by atoms with Gasteiger partial charge in [-0.05, 0) is 66.3 Å². The topological polar surface area (TPSA) is 272 Å². The van der Waals surface area contributed by atoms with Crippen LogP contribution in [-0.2, 0) is 48.2 Å². The first kappa shape index (κ1) is 53.8. The number of sulfonamides is 1. The summed E-state index contributed by atoms with van der Waals surface area (Å²) < 4.78 is 78.7. The van der Waals surface area contributed by atoms with Crippen LogP contribution < -0.4 is 30.3 Å². The number of benzene rings is 2. The Kier molecular flexibility index (Phi) is 21.1. The number of rotatable bonds is 12. The number of nitrogens with zero attached hydrogens (tertiary/aromatic N) is 6. The Morgan fingerprint density at radius 2 is 1.64 bits per heavy atom. The lowest BCUT2D eigenvalue weighted by Crippen LogP contribution is -2.31. The van der Waals surface area contributed by atoms with Gasteiger partial charge in [-0.2, -0.15) is 13.5 Å². The van der Waals surface area contributed by atoms with E-state index in [2.05, 4.69) is 33.6 Å². The van der Waals surface area contributed by atoms with Crippen LogP contribution in [0.15, 0.2) is 43.7 Å². The van der Waals surface area contributed by atoms with Gasteiger partial charge in [0.2, 0.25) is 14.8 Å². The molecule has 19 nitrogen and oxygen atoms in total. The molecule has 0 saturated carbocycles. The second-order valence-electron chi connectivity index (χ2n) is 12.5. The van der Waals surface area contributed by atoms with Crippen LogP contribution in [0.4, 0.5) is 24.5 Å². The Balaban J connectivity index is 0.000000323. The van der Waals surface area contributed by atoms with Crippen molar-refractivity contribution in [3.05, 3.63) is 75.9 Å². The molecule has 4 aromatic rings. The monoisotopic (exact) mass is 1020 g/mol. The van der Waals surface area contributed by atoms with Gasteiger partial charge in [-0.25, -0.2) is 31.8 Å². The van der Waals surface area contributed by atoms with Crippen LogP contribution in [-0.4, -0.2) is 103 Å². The molecule has 61 heavy (non-hydrogen) atoms. The van der Waals surface area contributed by atoms with Gasteiger partial charge in [0.1, 0.15) is 24.9 Å². The fraction of sp³-hybridized carbons (Fsp3) is 0.419. The van der Waals surface area contributed by atoms with E-state index in [9.17, 15) is 50.2 Å². The molecule has 1 aliphatic heterocycles. The first-order chi connectivity index (χ1) is 28.1. The van der Waals surface area contributed by atoms with Crippen LogP contribution in [0.1, 0.15) is 25.2 Å². The lowest BCUT2D eigenvalue weighted by atomic mass is 10.3. The molecule has 340 valence electrons. The Morgan fingerprint density at radius 1 is 1.05 bits per heavy atom. The summed E-state index contributed by atoms with van der Waals surface area (Å²) in [5.74, 6) is -3.19. The summed E-state index contributed by atoms with van der Waals surface area (Å²) in [7, 11) is -7.36. The van der Waals surface area contributed by atoms with Gasteiger partial charge < -0.3 is 24.6 Å². The number of anilines is 1. The summed E-state index contributed by atoms with van der Waals surface area (Å²) in [6.07, 6.45) is 8.65. The highest BCUT2D eigenvalue weighted by Gasteiger charge is 2.21. The summed E-state index contributed by atoms with van der Waals surface area (Å²) in [6, 6.07) is 4.83. The van der Waals surface area contributed by atoms with Gasteiger partial charge in [0.05, 0.1) is 70.0 Å². The molecule has 0 aliphatic carbocycles. The maximum Gasteiger partial charge on any atom is 0.355 e. The van der Waals surface area contributed by atoms with Gasteiger partial charge in [0, 0.05) is 18.0 Å². The number of aryl methyl sites for hydroxylation is 1. The minimum Gasteiger partial charge on any atom is -0.778 e. The van der Waals surface area contributed by atoms with Crippen molar-refractivity contribution in [2.24, 2.45) is 4.99 Å². The van der Waals surface area contributed by atoms with E-state index in [4.69, 9.17) is 49.9 Å². The van der Waals surface area contributed by atoms with Crippen molar-refractivity contribution in [1.82, 2.24) is 29.0 Å². The van der Waals surface area contributed by atoms with Crippen molar-refractivity contribution >= 4 is 110 Å². The molecule has 30 heteroatoms. The molecule has 1 aliphatic rings. The van der Waals surface area contributed by atoms with E-state index < -0.39 is 60.4 Å². The number of fused-ring (bicyclic) bond motifs is 1. The molecule has 5 N–H and O–H groups in total. The van der Waals surface area contributed by atoms with E-state index in [0.717, 1.165) is 54.3 Å². The summed E-state index contributed by atoms with van der Waals surface area (Å²) in [5, 5.41) is 22.5. The SMILES string of the molecule is C[S+](C)C.Cc1nn(-c2cc(NS(C)(=O)=O)c(Cl)cc2Cl)c(=O)n1C(F)F.O=C(O)CNCP(=O)([O-])O.O=C(O)CSc1cc(N=c2sc(=O)n3n2CCCC3)c(F)cc1Cl. The molecule has 0 spiro atoms. The summed E-state index contributed by atoms with van der Waals surface area (Å²) in [5.41, 5.74) is -1.23. The third-order valence-corrected chi connectivity index (χ3v) is 10.9. The molecular formula is C31H39Cl3F3N8O11PS4. The molecule has 1 unspecified atom stereocenters. The molecule has 0 saturated heterocycles. The maximum atomic E-state index is 14.2. The average molecular weight is 1020 g/mol. The number of carbonyl (C=O) groups is 2. The van der Waals surface area contributed by atoms with E-state index >= 15 is 0 Å². The van der Waals surface area contributed by atoms with Crippen LogP contribution >= 0.6 is 65.5 Å². The number of nitrogens with one attached hydrogen (secondary N) is 2. The van der Waals surface area contributed by atoms with Crippen LogP contribution in [0.3, 0.4) is 0 Å². The number of carboxylic acids is 2. The van der Waals surface area contributed by atoms with Gasteiger partial charge in [0.25, 0.3) is 0 Å². The van der Waals surface area contributed by atoms with Gasteiger partial charge >= 0.3 is 29.1 Å². The minimum absolute atomic E-state index is 0.0257. The number of thioether (sulfide) groups is 1. The van der Waals surface area contributed by atoms with Crippen molar-refractivity contribution in [1.29, 1.82) is 0 Å². The Labute approximate surface area is 371 Å². The zero-order chi connectivity index (χ0) is 46.6. The number of alkyl halides is 2. The second kappa shape index (κ2) is 24.0. The van der Waals surface area contributed by atoms with Crippen molar-refractivity contribution in [3.63, 3.8) is 0 Å². The molecule has 0 fully saturated rings. The van der Waals surface area contributed by atoms with E-state index in [1.165, 1.54) is 19.1 Å². The maximum absolute atomic E-state index is 14.2. The number of carboxylic acid groups (broad SMARTS) is 2. The average Bonchev–Trinajstić information content (AvgIpc) is 3.59. The second-order valence-corrected chi connectivity index (χ2v) is 21.5. The number of aliphatic carboxylic acids is 2. The van der Waals surface area contributed by atoms with Crippen LogP contribution in [0.25, 0.3) is 5.69 Å². The molecule has 2 aromatic carbocycles. The zero-order valence-electron chi connectivity index (χ0n) is 32.5. The molecular weight excluding hydrogens is 983 g/mol. The third-order valence-electron chi connectivity index (χ3n) is 6.78. The van der Waals surface area contributed by atoms with Crippen molar-refractivity contribution in [3.8, 4) is 5.69 Å². The highest BCUT2D eigenvalue weighted by atomic mass is 35.5. The normalized spacial score (nSPS) is 13.5. The summed E-state index contributed by atoms with van der Waals surface area (Å²) in [4.78, 5) is 67.5. The molecule has 1 atom stereocenters. The highest BCUT2D eigenvalue weighted by molar-refractivity contribution is 8.00. The lowest BCUT2D eigenvalue weighted by molar-refractivity contribution is -0.193. The predicted molar refractivity (Wildman–Crippen MR) is 229 cm³/mol. The zero-order valence-corrected chi connectivity index (χ0v) is 38.9.